The van der Waals surface area contributed by atoms with Crippen LogP contribution in [0.25, 0.3) is 0 Å². The average molecular weight is 201 g/mol. The molecule has 1 heterocycles. The molecule has 0 amide bonds. The topological polar surface area (TPSA) is 3.24 Å². The fourth-order valence-electron chi connectivity index (χ4n) is 1.84. The Balaban J connectivity index is 2.02. The summed E-state index contributed by atoms with van der Waals surface area (Å²) in [5, 5.41) is 0. The second-order valence-electron chi connectivity index (χ2n) is 5.21. The van der Waals surface area contributed by atoms with Crippen LogP contribution in [0.3, 0.4) is 0 Å². The maximum atomic E-state index is 2.76. The van der Waals surface area contributed by atoms with Crippen LogP contribution in [0.1, 0.15) is 12.8 Å². The van der Waals surface area contributed by atoms with E-state index in [1.165, 1.54) is 25.9 Å². The molecule has 0 aromatic rings. The minimum atomic E-state index is -0.721. The van der Waals surface area contributed by atoms with E-state index in [4.69, 9.17) is 0 Å². The molecule has 0 aromatic heterocycles. The maximum Gasteiger partial charge on any atom is 0.0947 e. The molecule has 0 N–H and O–H groups in total. The first-order chi connectivity index (χ1) is 5.58. The van der Waals surface area contributed by atoms with Crippen LogP contribution in [-0.4, -0.2) is 35.4 Å². The monoisotopic (exact) mass is 201 g/mol. The molecule has 72 valence electrons. The lowest BCUT2D eigenvalue weighted by Gasteiger charge is -2.18. The zero-order chi connectivity index (χ0) is 9.03. The van der Waals surface area contributed by atoms with Crippen molar-refractivity contribution in [2.75, 3.05) is 13.1 Å². The van der Waals surface area contributed by atoms with Crippen molar-refractivity contribution in [2.24, 2.45) is 0 Å². The summed E-state index contributed by atoms with van der Waals surface area (Å²) in [7, 11) is -0.545. The van der Waals surface area contributed by atoms with E-state index in [-0.39, 0.29) is 9.68 Å². The van der Waals surface area contributed by atoms with Crippen molar-refractivity contribution >= 4 is 17.8 Å². The summed E-state index contributed by atoms with van der Waals surface area (Å²) >= 11 is 0. The highest BCUT2D eigenvalue weighted by molar-refractivity contribution is 6.76. The van der Waals surface area contributed by atoms with E-state index < -0.39 is 8.07 Å². The molecular weight excluding hydrogens is 178 g/mol. The second-order valence-corrected chi connectivity index (χ2v) is 12.9. The quantitative estimate of drug-likeness (QED) is 0.628. The van der Waals surface area contributed by atoms with Crippen molar-refractivity contribution in [1.29, 1.82) is 0 Å². The van der Waals surface area contributed by atoms with Gasteiger partial charge in [-0.3, -0.25) is 0 Å². The van der Waals surface area contributed by atoms with Crippen LogP contribution in [0, 0.1) is 0 Å². The molecule has 0 saturated carbocycles. The minimum absolute atomic E-state index is 0.176. The Morgan fingerprint density at radius 2 is 1.75 bits per heavy atom. The Morgan fingerprint density at radius 1 is 1.17 bits per heavy atom. The third-order valence-electron chi connectivity index (χ3n) is 2.60. The molecule has 0 atom stereocenters. The Kier molecular flexibility index (Phi) is 4.00. The number of hydrogen-bond acceptors (Lipinski definition) is 1. The van der Waals surface area contributed by atoms with Gasteiger partial charge in [-0.25, -0.2) is 0 Å². The fourth-order valence-corrected chi connectivity index (χ4v) is 8.06. The standard InChI is InChI=1S/C9H23NSi2/c1-12(2,3)9-8-11-10-6-4-5-7-10/h4-9,11H2,1-3H3. The first-order valence-electron chi connectivity index (χ1n) is 5.30. The number of rotatable bonds is 4. The van der Waals surface area contributed by atoms with Gasteiger partial charge in [-0.15, -0.1) is 0 Å². The lowest BCUT2D eigenvalue weighted by Crippen LogP contribution is -2.27. The van der Waals surface area contributed by atoms with Crippen molar-refractivity contribution < 1.29 is 0 Å². The van der Waals surface area contributed by atoms with Gasteiger partial charge in [0.05, 0.1) is 9.68 Å². The van der Waals surface area contributed by atoms with E-state index in [2.05, 4.69) is 24.2 Å². The highest BCUT2D eigenvalue weighted by Crippen LogP contribution is 2.13. The summed E-state index contributed by atoms with van der Waals surface area (Å²) in [5.74, 6) is 0. The van der Waals surface area contributed by atoms with E-state index in [1.54, 1.807) is 12.1 Å². The third kappa shape index (κ3) is 4.43. The summed E-state index contributed by atoms with van der Waals surface area (Å²) in [6.07, 6.45) is 2.94. The van der Waals surface area contributed by atoms with Crippen LogP contribution in [0.4, 0.5) is 0 Å². The zero-order valence-corrected chi connectivity index (χ0v) is 11.3. The van der Waals surface area contributed by atoms with Crippen LogP contribution >= 0.6 is 0 Å². The molecule has 1 fully saturated rings. The first-order valence-corrected chi connectivity index (χ1v) is 10.6. The Labute approximate surface area is 80.4 Å². The van der Waals surface area contributed by atoms with Gasteiger partial charge in [0.1, 0.15) is 0 Å². The van der Waals surface area contributed by atoms with Crippen molar-refractivity contribution in [3.05, 3.63) is 0 Å². The molecule has 12 heavy (non-hydrogen) atoms. The van der Waals surface area contributed by atoms with E-state index in [9.17, 15) is 0 Å². The zero-order valence-electron chi connectivity index (χ0n) is 8.90. The predicted molar refractivity (Wildman–Crippen MR) is 62.3 cm³/mol. The third-order valence-corrected chi connectivity index (χ3v) is 7.10. The molecule has 1 aliphatic rings. The Morgan fingerprint density at radius 3 is 2.25 bits per heavy atom. The second kappa shape index (κ2) is 4.58. The summed E-state index contributed by atoms with van der Waals surface area (Å²) in [6.45, 7) is 10.3. The summed E-state index contributed by atoms with van der Waals surface area (Å²) in [5.41, 5.74) is 0. The molecule has 0 aliphatic carbocycles. The average Bonchev–Trinajstić information content (AvgIpc) is 2.36. The summed E-state index contributed by atoms with van der Waals surface area (Å²) in [6, 6.07) is 3.14. The highest BCUT2D eigenvalue weighted by Gasteiger charge is 2.15. The van der Waals surface area contributed by atoms with Gasteiger partial charge in [0.15, 0.2) is 0 Å². The van der Waals surface area contributed by atoms with Crippen molar-refractivity contribution in [2.45, 2.75) is 44.6 Å². The molecule has 1 aliphatic heterocycles. The van der Waals surface area contributed by atoms with E-state index >= 15 is 0 Å². The van der Waals surface area contributed by atoms with Crippen LogP contribution in [0.2, 0.25) is 31.7 Å². The molecule has 0 unspecified atom stereocenters. The van der Waals surface area contributed by atoms with Gasteiger partial charge in [-0.1, -0.05) is 31.7 Å². The smallest absolute Gasteiger partial charge is 0.0947 e. The van der Waals surface area contributed by atoms with Gasteiger partial charge in [-0.05, 0) is 25.9 Å². The maximum absolute atomic E-state index is 2.76. The van der Waals surface area contributed by atoms with Gasteiger partial charge in [0.25, 0.3) is 0 Å². The Bertz CT molecular complexity index is 125. The molecule has 0 radical (unpaired) electrons. The van der Waals surface area contributed by atoms with Gasteiger partial charge < -0.3 is 4.57 Å². The van der Waals surface area contributed by atoms with Crippen molar-refractivity contribution in [3.63, 3.8) is 0 Å². The van der Waals surface area contributed by atoms with Crippen molar-refractivity contribution in [3.8, 4) is 0 Å². The van der Waals surface area contributed by atoms with Crippen LogP contribution < -0.4 is 0 Å². The molecule has 1 nitrogen and oxygen atoms in total. The largest absolute Gasteiger partial charge is 0.329 e. The SMILES string of the molecule is C[Si](C)(C)CC[SiH2]N1CCCC1. The lowest BCUT2D eigenvalue weighted by atomic mass is 10.4. The van der Waals surface area contributed by atoms with Gasteiger partial charge >= 0.3 is 0 Å². The van der Waals surface area contributed by atoms with E-state index in [0.29, 0.717) is 0 Å². The molecule has 3 heteroatoms. The van der Waals surface area contributed by atoms with Gasteiger partial charge in [0, 0.05) is 8.07 Å². The molecule has 0 spiro atoms. The normalized spacial score (nSPS) is 21.2. The molecular formula is C9H23NSi2. The van der Waals surface area contributed by atoms with E-state index in [0.717, 1.165) is 0 Å². The minimum Gasteiger partial charge on any atom is -0.329 e. The lowest BCUT2D eigenvalue weighted by molar-refractivity contribution is 0.550. The highest BCUT2D eigenvalue weighted by atomic mass is 28.3. The van der Waals surface area contributed by atoms with Gasteiger partial charge in [-0.2, -0.15) is 0 Å². The number of nitrogens with zero attached hydrogens (tertiary/aromatic N) is 1. The number of hydrogen-bond donors (Lipinski definition) is 0. The van der Waals surface area contributed by atoms with E-state index in [1.807, 2.05) is 0 Å². The molecule has 1 saturated heterocycles. The van der Waals surface area contributed by atoms with Crippen LogP contribution in [-0.2, 0) is 0 Å². The predicted octanol–water partition coefficient (Wildman–Crippen LogP) is 1.92. The van der Waals surface area contributed by atoms with Crippen LogP contribution in [0.5, 0.6) is 0 Å². The summed E-state index contributed by atoms with van der Waals surface area (Å²) < 4.78 is 2.76. The summed E-state index contributed by atoms with van der Waals surface area (Å²) in [4.78, 5) is 0. The Hall–Kier alpha value is 0.394. The van der Waals surface area contributed by atoms with Gasteiger partial charge in [0.2, 0.25) is 0 Å². The molecule has 1 rings (SSSR count). The first kappa shape index (κ1) is 10.5. The molecule has 0 aromatic carbocycles. The fraction of sp³-hybridized carbons (Fsp3) is 1.00. The van der Waals surface area contributed by atoms with Crippen molar-refractivity contribution in [1.82, 2.24) is 4.57 Å². The molecule has 0 bridgehead atoms. The van der Waals surface area contributed by atoms with Crippen LogP contribution in [0.15, 0.2) is 0 Å².